The summed E-state index contributed by atoms with van der Waals surface area (Å²) < 4.78 is 11.6. The molecule has 2 aliphatic carbocycles. The van der Waals surface area contributed by atoms with Gasteiger partial charge in [0.1, 0.15) is 17.6 Å². The number of phenols is 1. The molecule has 0 fully saturated rings. The number of benzene rings is 2. The highest BCUT2D eigenvalue weighted by molar-refractivity contribution is 6.53. The van der Waals surface area contributed by atoms with Crippen LogP contribution < -0.4 is 0 Å². The van der Waals surface area contributed by atoms with E-state index in [2.05, 4.69) is 13.8 Å². The van der Waals surface area contributed by atoms with Gasteiger partial charge in [0.25, 0.3) is 0 Å². The van der Waals surface area contributed by atoms with Gasteiger partial charge in [0, 0.05) is 16.7 Å². The molecule has 0 radical (unpaired) electrons. The number of aromatic hydroxyl groups is 1. The van der Waals surface area contributed by atoms with Crippen LogP contribution in [0.3, 0.4) is 0 Å². The minimum absolute atomic E-state index is 0.00689. The van der Waals surface area contributed by atoms with Crippen molar-refractivity contribution < 1.29 is 28.6 Å². The van der Waals surface area contributed by atoms with Crippen LogP contribution in [0.15, 0.2) is 47.1 Å². The second-order valence-corrected chi connectivity index (χ2v) is 9.48. The van der Waals surface area contributed by atoms with Crippen LogP contribution in [0.5, 0.6) is 5.75 Å². The van der Waals surface area contributed by atoms with E-state index in [0.717, 1.165) is 12.0 Å². The third-order valence-electron chi connectivity index (χ3n) is 6.74. The maximum Gasteiger partial charge on any atom is 0.310 e. The predicted octanol–water partition coefficient (Wildman–Crippen LogP) is 5.24. The molecule has 0 saturated heterocycles. The Kier molecular flexibility index (Phi) is 4.78. The molecule has 0 saturated carbocycles. The van der Waals surface area contributed by atoms with Gasteiger partial charge in [-0.1, -0.05) is 38.1 Å². The first-order valence-electron chi connectivity index (χ1n) is 11.0. The summed E-state index contributed by atoms with van der Waals surface area (Å²) in [5, 5.41) is 9.67. The lowest BCUT2D eigenvalue weighted by Crippen LogP contribution is -2.33. The molecule has 6 nitrogen and oxygen atoms in total. The van der Waals surface area contributed by atoms with Crippen molar-refractivity contribution in [2.24, 2.45) is 0 Å². The average molecular weight is 444 g/mol. The fraction of sp³-hybridized carbons (Fsp3) is 0.296. The number of aryl methyl sites for hydroxylation is 1. The van der Waals surface area contributed by atoms with Crippen molar-refractivity contribution in [1.82, 2.24) is 0 Å². The van der Waals surface area contributed by atoms with Crippen LogP contribution in [0, 0.1) is 6.92 Å². The van der Waals surface area contributed by atoms with Crippen LogP contribution in [-0.2, 0) is 21.4 Å². The van der Waals surface area contributed by atoms with E-state index in [4.69, 9.17) is 9.15 Å². The van der Waals surface area contributed by atoms with Crippen LogP contribution in [-0.4, -0.2) is 22.6 Å². The molecule has 168 valence electrons. The average Bonchev–Trinajstić information content (AvgIpc) is 3.15. The molecular weight excluding hydrogens is 420 g/mol. The van der Waals surface area contributed by atoms with Crippen LogP contribution in [0.2, 0.25) is 0 Å². The number of furan rings is 1. The fourth-order valence-electron chi connectivity index (χ4n) is 5.05. The zero-order chi connectivity index (χ0) is 23.5. The molecule has 0 bridgehead atoms. The van der Waals surface area contributed by atoms with Crippen molar-refractivity contribution in [1.29, 1.82) is 0 Å². The number of esters is 1. The topological polar surface area (TPSA) is 93.8 Å². The fourth-order valence-corrected chi connectivity index (χ4v) is 5.05. The maximum absolute atomic E-state index is 13.3. The molecule has 6 heteroatoms. The lowest BCUT2D eigenvalue weighted by Gasteiger charge is -2.38. The molecule has 1 N–H and O–H groups in total. The Balaban J connectivity index is 1.59. The van der Waals surface area contributed by atoms with E-state index in [1.165, 1.54) is 18.4 Å². The molecule has 1 unspecified atom stereocenters. The number of phenolic OH excluding ortho intramolecular Hbond substituents is 1. The maximum atomic E-state index is 13.3. The number of carbonyl (C=O) groups excluding carboxylic acids is 3. The first-order chi connectivity index (χ1) is 15.7. The second-order valence-electron chi connectivity index (χ2n) is 9.48. The summed E-state index contributed by atoms with van der Waals surface area (Å²) >= 11 is 0. The van der Waals surface area contributed by atoms with Gasteiger partial charge in [-0.15, -0.1) is 0 Å². The Morgan fingerprint density at radius 3 is 2.67 bits per heavy atom. The number of hydrogen-bond donors (Lipinski definition) is 1. The summed E-state index contributed by atoms with van der Waals surface area (Å²) in [7, 11) is 0. The van der Waals surface area contributed by atoms with E-state index in [1.54, 1.807) is 19.1 Å². The Hall–Kier alpha value is -3.67. The number of fused-ring (bicyclic) bond motifs is 5. The van der Waals surface area contributed by atoms with Crippen LogP contribution in [0.25, 0.3) is 11.3 Å². The summed E-state index contributed by atoms with van der Waals surface area (Å²) in [6.45, 7) is 5.91. The highest BCUT2D eigenvalue weighted by Gasteiger charge is 2.43. The van der Waals surface area contributed by atoms with Gasteiger partial charge >= 0.3 is 5.97 Å². The molecule has 2 aromatic carbocycles. The van der Waals surface area contributed by atoms with Gasteiger partial charge in [-0.05, 0) is 54.0 Å². The van der Waals surface area contributed by atoms with E-state index in [1.807, 2.05) is 12.1 Å². The minimum atomic E-state index is -0.651. The summed E-state index contributed by atoms with van der Waals surface area (Å²) in [6, 6.07) is 10.2. The van der Waals surface area contributed by atoms with Crippen molar-refractivity contribution in [3.63, 3.8) is 0 Å². The first-order valence-corrected chi connectivity index (χ1v) is 11.0. The van der Waals surface area contributed by atoms with Gasteiger partial charge in [-0.25, -0.2) is 0 Å². The zero-order valence-electron chi connectivity index (χ0n) is 18.7. The number of ether oxygens (including phenoxy) is 1. The molecule has 2 aliphatic rings. The highest BCUT2D eigenvalue weighted by Crippen LogP contribution is 2.49. The number of ketones is 2. The largest absolute Gasteiger partial charge is 0.508 e. The Labute approximate surface area is 191 Å². The highest BCUT2D eigenvalue weighted by atomic mass is 16.5. The van der Waals surface area contributed by atoms with Gasteiger partial charge in [-0.3, -0.25) is 14.4 Å². The van der Waals surface area contributed by atoms with Crippen molar-refractivity contribution in [2.75, 3.05) is 0 Å². The molecule has 1 aromatic heterocycles. The SMILES string of the molecule is Cc1coc2c1C(=O)C(=O)c1c-2ccc2c1C(OC(=O)Cc1cccc(O)c1)CCC2(C)C. The molecule has 33 heavy (non-hydrogen) atoms. The van der Waals surface area contributed by atoms with Gasteiger partial charge in [0.15, 0.2) is 0 Å². The van der Waals surface area contributed by atoms with Crippen LogP contribution in [0.1, 0.15) is 75.8 Å². The molecule has 5 rings (SSSR count). The number of carbonyl (C=O) groups is 3. The molecule has 0 spiro atoms. The number of Topliss-reactive ketones (excluding diaryl/α,β-unsaturated/α-hetero) is 2. The minimum Gasteiger partial charge on any atom is -0.508 e. The standard InChI is InChI=1S/C27H24O6/c1-14-13-32-26-17-7-8-18-23(22(17)25(31)24(30)21(14)26)19(9-10-27(18,2)3)33-20(29)12-15-5-4-6-16(28)11-15/h4-8,11,13,19,28H,9-10,12H2,1-3H3. The lowest BCUT2D eigenvalue weighted by atomic mass is 9.68. The van der Waals surface area contributed by atoms with Crippen molar-refractivity contribution in [2.45, 2.75) is 51.6 Å². The van der Waals surface area contributed by atoms with E-state index in [-0.39, 0.29) is 23.1 Å². The van der Waals surface area contributed by atoms with E-state index < -0.39 is 23.6 Å². The van der Waals surface area contributed by atoms with Crippen LogP contribution >= 0.6 is 0 Å². The molecule has 3 aromatic rings. The quantitative estimate of drug-likeness (QED) is 0.439. The number of rotatable bonds is 3. The van der Waals surface area contributed by atoms with Gasteiger partial charge in [0.05, 0.1) is 18.2 Å². The summed E-state index contributed by atoms with van der Waals surface area (Å²) in [5.41, 5.74) is 3.66. The summed E-state index contributed by atoms with van der Waals surface area (Å²) in [5.74, 6) is -1.18. The third-order valence-corrected chi connectivity index (χ3v) is 6.74. The van der Waals surface area contributed by atoms with Crippen LogP contribution in [0.4, 0.5) is 0 Å². The second kappa shape index (κ2) is 7.44. The normalized spacial score (nSPS) is 18.3. The summed E-state index contributed by atoms with van der Waals surface area (Å²) in [4.78, 5) is 39.1. The van der Waals surface area contributed by atoms with Gasteiger partial charge in [0.2, 0.25) is 11.6 Å². The van der Waals surface area contributed by atoms with Gasteiger partial charge < -0.3 is 14.3 Å². The first kappa shape index (κ1) is 21.2. The van der Waals surface area contributed by atoms with Gasteiger partial charge in [-0.2, -0.15) is 0 Å². The molecule has 0 amide bonds. The monoisotopic (exact) mass is 444 g/mol. The number of hydrogen-bond acceptors (Lipinski definition) is 6. The lowest BCUT2D eigenvalue weighted by molar-refractivity contribution is -0.149. The van der Waals surface area contributed by atoms with E-state index in [0.29, 0.717) is 40.0 Å². The zero-order valence-corrected chi connectivity index (χ0v) is 18.7. The molecule has 0 aliphatic heterocycles. The molecule has 1 atom stereocenters. The van der Waals surface area contributed by atoms with Crippen molar-refractivity contribution >= 4 is 17.5 Å². The molecule has 1 heterocycles. The van der Waals surface area contributed by atoms with E-state index >= 15 is 0 Å². The smallest absolute Gasteiger partial charge is 0.310 e. The van der Waals surface area contributed by atoms with Crippen molar-refractivity contribution in [3.05, 3.63) is 76.0 Å². The Bertz CT molecular complexity index is 1330. The summed E-state index contributed by atoms with van der Waals surface area (Å²) in [6.07, 6.45) is 2.13. The van der Waals surface area contributed by atoms with Crippen molar-refractivity contribution in [3.8, 4) is 17.1 Å². The van der Waals surface area contributed by atoms with E-state index in [9.17, 15) is 19.5 Å². The predicted molar refractivity (Wildman–Crippen MR) is 120 cm³/mol. The Morgan fingerprint density at radius 2 is 1.91 bits per heavy atom. The Morgan fingerprint density at radius 1 is 1.15 bits per heavy atom. The third kappa shape index (κ3) is 3.37. The molecular formula is C27H24O6.